The van der Waals surface area contributed by atoms with Gasteiger partial charge in [0.05, 0.1) is 38.0 Å². The van der Waals surface area contributed by atoms with Crippen LogP contribution in [0.15, 0.2) is 60.7 Å². The summed E-state index contributed by atoms with van der Waals surface area (Å²) in [6, 6.07) is 14.8. The minimum atomic E-state index is -1.02. The van der Waals surface area contributed by atoms with E-state index in [1.54, 1.807) is 13.2 Å². The minimum Gasteiger partial charge on any atom is -0.497 e. The number of methoxy groups -OCH3 is 1. The predicted octanol–water partition coefficient (Wildman–Crippen LogP) is 1.42. The van der Waals surface area contributed by atoms with E-state index in [2.05, 4.69) is 10.6 Å². The summed E-state index contributed by atoms with van der Waals surface area (Å²) in [5.41, 5.74) is 8.73. The van der Waals surface area contributed by atoms with Crippen LogP contribution in [0.3, 0.4) is 0 Å². The number of benzene rings is 2. The van der Waals surface area contributed by atoms with E-state index in [9.17, 15) is 14.7 Å². The Bertz CT molecular complexity index is 1060. The Morgan fingerprint density at radius 3 is 2.74 bits per heavy atom. The number of carbonyl (C=O) groups excluding carboxylic acids is 2. The fraction of sp³-hybridized carbons (Fsp3) is 0.407. The zero-order chi connectivity index (χ0) is 24.8. The molecule has 0 fully saturated rings. The smallest absolute Gasteiger partial charge is 0.233 e. The highest BCUT2D eigenvalue weighted by molar-refractivity contribution is 5.99. The average molecular weight is 480 g/mol. The molecule has 5 N–H and O–H groups in total. The van der Waals surface area contributed by atoms with E-state index >= 15 is 0 Å². The maximum atomic E-state index is 13.0. The molecule has 5 atom stereocenters. The number of nitrogens with one attached hydrogen (secondary N) is 2. The predicted molar refractivity (Wildman–Crippen MR) is 132 cm³/mol. The molecule has 2 amide bonds. The van der Waals surface area contributed by atoms with Crippen molar-refractivity contribution in [2.45, 2.75) is 43.6 Å². The van der Waals surface area contributed by atoms with Crippen molar-refractivity contribution in [3.05, 3.63) is 77.4 Å². The molecule has 2 aromatic rings. The Morgan fingerprint density at radius 1 is 1.20 bits per heavy atom. The number of amides is 2. The second-order valence-corrected chi connectivity index (χ2v) is 9.06. The molecule has 186 valence electrons. The van der Waals surface area contributed by atoms with Crippen LogP contribution in [-0.2, 0) is 27.2 Å². The molecule has 0 bridgehead atoms. The first-order valence-corrected chi connectivity index (χ1v) is 11.9. The lowest BCUT2D eigenvalue weighted by molar-refractivity contribution is -0.134. The highest BCUT2D eigenvalue weighted by atomic mass is 16.5. The lowest BCUT2D eigenvalue weighted by atomic mass is 9.97. The summed E-state index contributed by atoms with van der Waals surface area (Å²) in [6.07, 6.45) is 3.82. The van der Waals surface area contributed by atoms with E-state index in [1.165, 1.54) is 5.56 Å². The number of primary amides is 1. The van der Waals surface area contributed by atoms with Crippen molar-refractivity contribution in [2.75, 3.05) is 20.3 Å². The Morgan fingerprint density at radius 2 is 2.00 bits per heavy atom. The largest absolute Gasteiger partial charge is 0.497 e. The van der Waals surface area contributed by atoms with Gasteiger partial charge in [-0.3, -0.25) is 9.59 Å². The van der Waals surface area contributed by atoms with Crippen molar-refractivity contribution in [3.8, 4) is 5.75 Å². The third-order valence-corrected chi connectivity index (χ3v) is 6.72. The second kappa shape index (κ2) is 11.5. The molecule has 2 aromatic carbocycles. The molecule has 35 heavy (non-hydrogen) atoms. The molecule has 8 heteroatoms. The molecular formula is C27H33N3O5. The van der Waals surface area contributed by atoms with Crippen molar-refractivity contribution in [1.82, 2.24) is 10.6 Å². The van der Waals surface area contributed by atoms with Gasteiger partial charge in [0, 0.05) is 13.0 Å². The third-order valence-electron chi connectivity index (χ3n) is 6.72. The average Bonchev–Trinajstić information content (AvgIpc) is 3.20. The number of allylic oxidation sites excluding steroid dienone is 1. The molecule has 4 rings (SSSR count). The number of nitrogens with two attached hydrogens (primary N) is 1. The van der Waals surface area contributed by atoms with Crippen molar-refractivity contribution >= 4 is 11.8 Å². The SMILES string of the molecule is COc1ccc2c(c1)[C@@H]1NC[C@@H](O)[C@H](Cc3ccccc3)NC(=O)[C@H](C(N)=O)C/C=C\CO[C@H]1C2. The highest BCUT2D eigenvalue weighted by Gasteiger charge is 2.35. The Hall–Kier alpha value is -3.20. The van der Waals surface area contributed by atoms with Crippen LogP contribution in [0.1, 0.15) is 29.2 Å². The van der Waals surface area contributed by atoms with Gasteiger partial charge in [0.2, 0.25) is 11.8 Å². The molecule has 1 aliphatic heterocycles. The summed E-state index contributed by atoms with van der Waals surface area (Å²) in [7, 11) is 1.64. The van der Waals surface area contributed by atoms with Crippen molar-refractivity contribution in [1.29, 1.82) is 0 Å². The maximum absolute atomic E-state index is 13.0. The summed E-state index contributed by atoms with van der Waals surface area (Å²) in [4.78, 5) is 25.0. The first-order valence-electron chi connectivity index (χ1n) is 11.9. The molecule has 0 saturated carbocycles. The molecule has 0 saturated heterocycles. The van der Waals surface area contributed by atoms with Crippen LogP contribution in [0.25, 0.3) is 0 Å². The molecular weight excluding hydrogens is 446 g/mol. The van der Waals surface area contributed by atoms with Crippen molar-refractivity contribution in [2.24, 2.45) is 11.7 Å². The van der Waals surface area contributed by atoms with Gasteiger partial charge in [0.15, 0.2) is 0 Å². The van der Waals surface area contributed by atoms with Crippen LogP contribution in [0.2, 0.25) is 0 Å². The zero-order valence-electron chi connectivity index (χ0n) is 19.9. The first-order chi connectivity index (χ1) is 17.0. The number of β-amino-alcohol motifs (C(OH)–C–C–N with tert-alkyl or cyclic N) is 1. The topological polar surface area (TPSA) is 123 Å². The van der Waals surface area contributed by atoms with Crippen LogP contribution in [0.5, 0.6) is 5.75 Å². The Kier molecular flexibility index (Phi) is 8.17. The van der Waals surface area contributed by atoms with Gasteiger partial charge in [-0.2, -0.15) is 0 Å². The van der Waals surface area contributed by atoms with Gasteiger partial charge in [-0.25, -0.2) is 0 Å². The van der Waals surface area contributed by atoms with E-state index in [0.29, 0.717) is 13.0 Å². The summed E-state index contributed by atoms with van der Waals surface area (Å²) >= 11 is 0. The number of carbonyl (C=O) groups is 2. The molecule has 0 spiro atoms. The van der Waals surface area contributed by atoms with E-state index in [-0.39, 0.29) is 25.1 Å². The molecule has 1 aliphatic carbocycles. The van der Waals surface area contributed by atoms with Gasteiger partial charge in [-0.15, -0.1) is 0 Å². The first kappa shape index (κ1) is 24.9. The molecule has 0 radical (unpaired) electrons. The van der Waals surface area contributed by atoms with Gasteiger partial charge >= 0.3 is 0 Å². The zero-order valence-corrected chi connectivity index (χ0v) is 19.9. The van der Waals surface area contributed by atoms with Gasteiger partial charge in [0.25, 0.3) is 0 Å². The van der Waals surface area contributed by atoms with Crippen molar-refractivity contribution < 1.29 is 24.2 Å². The number of aliphatic hydroxyl groups is 1. The van der Waals surface area contributed by atoms with E-state index in [4.69, 9.17) is 15.2 Å². The van der Waals surface area contributed by atoms with Crippen LogP contribution >= 0.6 is 0 Å². The molecule has 0 unspecified atom stereocenters. The maximum Gasteiger partial charge on any atom is 0.233 e. The number of hydrogen-bond acceptors (Lipinski definition) is 6. The molecule has 1 heterocycles. The number of fused-ring (bicyclic) bond motifs is 3. The van der Waals surface area contributed by atoms with Gasteiger partial charge in [-0.1, -0.05) is 48.6 Å². The normalized spacial score (nSPS) is 28.2. The van der Waals surface area contributed by atoms with Crippen LogP contribution in [-0.4, -0.2) is 55.4 Å². The Labute approximate surface area is 205 Å². The number of rotatable bonds is 4. The standard InChI is InChI=1S/C27H33N3O5/c1-34-19-11-10-18-14-24-25(21(18)15-19)29-16-23(31)22(13-17-7-3-2-4-8-17)30-27(33)20(26(28)32)9-5-6-12-35-24/h2-8,10-11,15,20,22-25,29,31H,9,12-14,16H2,1H3,(H2,28,32)(H,30,33)/b6-5-/t20-,22-,23+,24-,25-/m0/s1. The monoisotopic (exact) mass is 479 g/mol. The summed E-state index contributed by atoms with van der Waals surface area (Å²) in [5.74, 6) is -1.46. The van der Waals surface area contributed by atoms with Crippen LogP contribution in [0.4, 0.5) is 0 Å². The summed E-state index contributed by atoms with van der Waals surface area (Å²) in [6.45, 7) is 0.552. The summed E-state index contributed by atoms with van der Waals surface area (Å²) < 4.78 is 11.6. The van der Waals surface area contributed by atoms with Crippen LogP contribution in [0, 0.1) is 5.92 Å². The van der Waals surface area contributed by atoms with Gasteiger partial charge < -0.3 is 30.9 Å². The fourth-order valence-corrected chi connectivity index (χ4v) is 4.76. The van der Waals surface area contributed by atoms with Crippen LogP contribution < -0.4 is 21.1 Å². The number of ether oxygens (including phenoxy) is 2. The number of hydrogen-bond donors (Lipinski definition) is 4. The van der Waals surface area contributed by atoms with E-state index in [0.717, 1.165) is 23.3 Å². The Balaban J connectivity index is 1.61. The van der Waals surface area contributed by atoms with E-state index < -0.39 is 29.9 Å². The lowest BCUT2D eigenvalue weighted by Crippen LogP contribution is -2.52. The third kappa shape index (κ3) is 6.08. The molecule has 0 aromatic heterocycles. The van der Waals surface area contributed by atoms with Gasteiger partial charge in [0.1, 0.15) is 11.7 Å². The van der Waals surface area contributed by atoms with Gasteiger partial charge in [-0.05, 0) is 41.7 Å². The van der Waals surface area contributed by atoms with Crippen molar-refractivity contribution in [3.63, 3.8) is 0 Å². The quantitative estimate of drug-likeness (QED) is 0.389. The molecule has 2 aliphatic rings. The minimum absolute atomic E-state index is 0.133. The van der Waals surface area contributed by atoms with E-state index in [1.807, 2.05) is 54.6 Å². The summed E-state index contributed by atoms with van der Waals surface area (Å²) in [5, 5.41) is 17.5. The second-order valence-electron chi connectivity index (χ2n) is 9.06. The lowest BCUT2D eigenvalue weighted by Gasteiger charge is -2.29. The number of aliphatic hydroxyl groups excluding tert-OH is 1. The fourth-order valence-electron chi connectivity index (χ4n) is 4.76. The molecule has 8 nitrogen and oxygen atoms in total. The highest BCUT2D eigenvalue weighted by Crippen LogP contribution is 2.36.